The predicted molar refractivity (Wildman–Crippen MR) is 39.3 cm³/mol. The van der Waals surface area contributed by atoms with Gasteiger partial charge in [0.25, 0.3) is 0 Å². The molecule has 9 heavy (non-hydrogen) atoms. The first-order valence-corrected chi connectivity index (χ1v) is 4.17. The van der Waals surface area contributed by atoms with E-state index in [0.717, 1.165) is 13.1 Å². The maximum atomic E-state index is 8.24. The van der Waals surface area contributed by atoms with Crippen LogP contribution in [0.1, 0.15) is 6.42 Å². The average molecular weight is 142 g/mol. The van der Waals surface area contributed by atoms with Gasteiger partial charge in [-0.2, -0.15) is 5.26 Å². The van der Waals surface area contributed by atoms with Crippen LogP contribution >= 0.6 is 11.8 Å². The summed E-state index contributed by atoms with van der Waals surface area (Å²) < 4.78 is 0. The van der Waals surface area contributed by atoms with Crippen LogP contribution in [0.15, 0.2) is 0 Å². The molecule has 0 amide bonds. The van der Waals surface area contributed by atoms with Crippen LogP contribution in [0.25, 0.3) is 0 Å². The van der Waals surface area contributed by atoms with Crippen molar-refractivity contribution in [2.45, 2.75) is 11.7 Å². The fourth-order valence-corrected chi connectivity index (χ4v) is 1.76. The smallest absolute Gasteiger partial charge is 0.0811 e. The van der Waals surface area contributed by atoms with E-state index in [1.165, 1.54) is 6.42 Å². The molecule has 1 unspecified atom stereocenters. The molecule has 1 atom stereocenters. The minimum atomic E-state index is 0.645. The van der Waals surface area contributed by atoms with Crippen molar-refractivity contribution in [2.24, 2.45) is 0 Å². The Labute approximate surface area is 59.6 Å². The zero-order valence-electron chi connectivity index (χ0n) is 5.26. The molecule has 0 aromatic carbocycles. The van der Waals surface area contributed by atoms with Crippen LogP contribution in [-0.2, 0) is 0 Å². The molecule has 50 valence electrons. The van der Waals surface area contributed by atoms with Gasteiger partial charge in [0.1, 0.15) is 0 Å². The summed E-state index contributed by atoms with van der Waals surface area (Å²) in [4.78, 5) is 0. The predicted octanol–water partition coefficient (Wildman–Crippen LogP) is 0.605. The van der Waals surface area contributed by atoms with Crippen LogP contribution in [0, 0.1) is 11.3 Å². The second kappa shape index (κ2) is 3.76. The summed E-state index contributed by atoms with van der Waals surface area (Å²) in [6, 6.07) is 2.13. The van der Waals surface area contributed by atoms with Crippen LogP contribution in [0.3, 0.4) is 0 Å². The SMILES string of the molecule is N#CCSC1CCNC1. The Balaban J connectivity index is 2.06. The van der Waals surface area contributed by atoms with E-state index < -0.39 is 0 Å². The Hall–Kier alpha value is -0.200. The highest BCUT2D eigenvalue weighted by Crippen LogP contribution is 2.15. The normalized spacial score (nSPS) is 25.9. The minimum absolute atomic E-state index is 0.645. The van der Waals surface area contributed by atoms with Crippen molar-refractivity contribution in [2.75, 3.05) is 18.8 Å². The molecule has 1 rings (SSSR count). The third kappa shape index (κ3) is 2.25. The Kier molecular flexibility index (Phi) is 2.88. The number of rotatable bonds is 2. The maximum absolute atomic E-state index is 8.24. The van der Waals surface area contributed by atoms with Crippen molar-refractivity contribution in [3.05, 3.63) is 0 Å². The van der Waals surface area contributed by atoms with Gasteiger partial charge in [0.05, 0.1) is 11.8 Å². The lowest BCUT2D eigenvalue weighted by Gasteiger charge is -2.01. The molecule has 1 saturated heterocycles. The van der Waals surface area contributed by atoms with E-state index >= 15 is 0 Å². The summed E-state index contributed by atoms with van der Waals surface area (Å²) in [5, 5.41) is 12.2. The number of thioether (sulfide) groups is 1. The molecule has 0 spiro atoms. The Morgan fingerprint density at radius 1 is 1.78 bits per heavy atom. The van der Waals surface area contributed by atoms with Crippen molar-refractivity contribution >= 4 is 11.8 Å². The van der Waals surface area contributed by atoms with Crippen molar-refractivity contribution in [3.8, 4) is 6.07 Å². The van der Waals surface area contributed by atoms with Gasteiger partial charge < -0.3 is 5.32 Å². The van der Waals surface area contributed by atoms with Crippen LogP contribution in [-0.4, -0.2) is 24.1 Å². The van der Waals surface area contributed by atoms with Gasteiger partial charge in [-0.3, -0.25) is 0 Å². The molecule has 0 aromatic rings. The van der Waals surface area contributed by atoms with E-state index in [9.17, 15) is 0 Å². The van der Waals surface area contributed by atoms with Crippen molar-refractivity contribution in [3.63, 3.8) is 0 Å². The number of nitriles is 1. The van der Waals surface area contributed by atoms with E-state index in [1.807, 2.05) is 0 Å². The fourth-order valence-electron chi connectivity index (χ4n) is 0.926. The largest absolute Gasteiger partial charge is 0.316 e. The molecular weight excluding hydrogens is 132 g/mol. The first-order chi connectivity index (χ1) is 4.43. The highest BCUT2D eigenvalue weighted by molar-refractivity contribution is 8.00. The molecule has 0 saturated carbocycles. The molecule has 0 radical (unpaired) electrons. The monoisotopic (exact) mass is 142 g/mol. The Morgan fingerprint density at radius 3 is 3.22 bits per heavy atom. The molecular formula is C6H10N2S. The lowest BCUT2D eigenvalue weighted by molar-refractivity contribution is 0.858. The molecule has 3 heteroatoms. The first kappa shape index (κ1) is 6.91. The molecule has 0 aliphatic carbocycles. The van der Waals surface area contributed by atoms with Gasteiger partial charge in [-0.25, -0.2) is 0 Å². The summed E-state index contributed by atoms with van der Waals surface area (Å²) in [5.41, 5.74) is 0. The van der Waals surface area contributed by atoms with E-state index in [0.29, 0.717) is 11.0 Å². The van der Waals surface area contributed by atoms with E-state index in [4.69, 9.17) is 5.26 Å². The molecule has 2 nitrogen and oxygen atoms in total. The second-order valence-electron chi connectivity index (χ2n) is 2.08. The summed E-state index contributed by atoms with van der Waals surface area (Å²) in [6.07, 6.45) is 1.23. The fraction of sp³-hybridized carbons (Fsp3) is 0.833. The number of nitrogens with zero attached hydrogens (tertiary/aromatic N) is 1. The number of hydrogen-bond acceptors (Lipinski definition) is 3. The standard InChI is InChI=1S/C6H10N2S/c7-2-4-9-6-1-3-8-5-6/h6,8H,1,3-5H2. The Morgan fingerprint density at radius 2 is 2.67 bits per heavy atom. The minimum Gasteiger partial charge on any atom is -0.316 e. The zero-order chi connectivity index (χ0) is 6.53. The molecule has 1 aliphatic heterocycles. The number of hydrogen-bond donors (Lipinski definition) is 1. The Bertz CT molecular complexity index is 113. The van der Waals surface area contributed by atoms with Crippen molar-refractivity contribution in [1.82, 2.24) is 5.32 Å². The summed E-state index contributed by atoms with van der Waals surface area (Å²) in [7, 11) is 0. The van der Waals surface area contributed by atoms with Crippen LogP contribution in [0.4, 0.5) is 0 Å². The van der Waals surface area contributed by atoms with Gasteiger partial charge in [-0.1, -0.05) is 0 Å². The summed E-state index contributed by atoms with van der Waals surface area (Å²) >= 11 is 1.76. The molecule has 1 N–H and O–H groups in total. The molecule has 1 heterocycles. The molecule has 1 fully saturated rings. The van der Waals surface area contributed by atoms with Gasteiger partial charge in [0.15, 0.2) is 0 Å². The van der Waals surface area contributed by atoms with Gasteiger partial charge in [-0.15, -0.1) is 11.8 Å². The summed E-state index contributed by atoms with van der Waals surface area (Å²) in [6.45, 7) is 2.22. The zero-order valence-corrected chi connectivity index (χ0v) is 6.08. The van der Waals surface area contributed by atoms with Gasteiger partial charge >= 0.3 is 0 Å². The second-order valence-corrected chi connectivity index (χ2v) is 3.37. The van der Waals surface area contributed by atoms with Crippen LogP contribution in [0.5, 0.6) is 0 Å². The first-order valence-electron chi connectivity index (χ1n) is 3.13. The van der Waals surface area contributed by atoms with E-state index in [1.54, 1.807) is 11.8 Å². The van der Waals surface area contributed by atoms with Crippen molar-refractivity contribution < 1.29 is 0 Å². The highest BCUT2D eigenvalue weighted by atomic mass is 32.2. The van der Waals surface area contributed by atoms with Gasteiger partial charge in [0.2, 0.25) is 0 Å². The quantitative estimate of drug-likeness (QED) is 0.613. The third-order valence-corrected chi connectivity index (χ3v) is 2.57. The van der Waals surface area contributed by atoms with E-state index in [-0.39, 0.29) is 0 Å². The molecule has 0 bridgehead atoms. The lowest BCUT2D eigenvalue weighted by Crippen LogP contribution is -2.10. The lowest BCUT2D eigenvalue weighted by atomic mass is 10.4. The summed E-state index contributed by atoms with van der Waals surface area (Å²) in [5.74, 6) is 0.645. The van der Waals surface area contributed by atoms with Gasteiger partial charge in [0, 0.05) is 11.8 Å². The highest BCUT2D eigenvalue weighted by Gasteiger charge is 2.13. The number of nitrogens with one attached hydrogen (secondary N) is 1. The van der Waals surface area contributed by atoms with Crippen LogP contribution in [0.2, 0.25) is 0 Å². The molecule has 1 aliphatic rings. The maximum Gasteiger partial charge on any atom is 0.0811 e. The third-order valence-electron chi connectivity index (χ3n) is 1.40. The van der Waals surface area contributed by atoms with Crippen LogP contribution < -0.4 is 5.32 Å². The van der Waals surface area contributed by atoms with E-state index in [2.05, 4.69) is 11.4 Å². The molecule has 0 aromatic heterocycles. The van der Waals surface area contributed by atoms with Crippen molar-refractivity contribution in [1.29, 1.82) is 5.26 Å². The average Bonchev–Trinajstić information content (AvgIpc) is 2.34. The topological polar surface area (TPSA) is 35.8 Å². The van der Waals surface area contributed by atoms with Gasteiger partial charge in [-0.05, 0) is 13.0 Å².